The third kappa shape index (κ3) is 1.60. The van der Waals surface area contributed by atoms with Crippen molar-refractivity contribution in [3.63, 3.8) is 0 Å². The molecule has 0 saturated heterocycles. The van der Waals surface area contributed by atoms with Crippen molar-refractivity contribution < 1.29 is 19.4 Å². The fourth-order valence-electron chi connectivity index (χ4n) is 2.22. The Morgan fingerprint density at radius 3 is 1.94 bits per heavy atom. The van der Waals surface area contributed by atoms with E-state index in [0.29, 0.717) is 12.8 Å². The molecular weight excluding hydrogens is 208 g/mol. The Morgan fingerprint density at radius 2 is 1.62 bits per heavy atom. The molecule has 4 nitrogen and oxygen atoms in total. The van der Waals surface area contributed by atoms with Gasteiger partial charge in [0.1, 0.15) is 11.5 Å². The summed E-state index contributed by atoms with van der Waals surface area (Å²) in [6.45, 7) is 0. The van der Waals surface area contributed by atoms with Gasteiger partial charge in [-0.25, -0.2) is 0 Å². The van der Waals surface area contributed by atoms with Crippen LogP contribution in [0.2, 0.25) is 0 Å². The molecule has 0 aromatic heterocycles. The van der Waals surface area contributed by atoms with Crippen molar-refractivity contribution in [3.05, 3.63) is 23.3 Å². The standard InChI is InChI=1S/C12H14O4/c1-15-10-3-4-11(16-2)9-6-7(12(13)14)5-8(9)10/h3-4,7H,5-6H2,1-2H3,(H,13,14). The molecule has 0 spiro atoms. The SMILES string of the molecule is COc1ccc(OC)c2c1CC(C(=O)O)C2. The van der Waals surface area contributed by atoms with E-state index in [2.05, 4.69) is 0 Å². The molecule has 1 aliphatic rings. The number of fused-ring (bicyclic) bond motifs is 1. The van der Waals surface area contributed by atoms with Crippen LogP contribution in [0.4, 0.5) is 0 Å². The van der Waals surface area contributed by atoms with Crippen LogP contribution in [0.5, 0.6) is 11.5 Å². The number of aliphatic carboxylic acids is 1. The van der Waals surface area contributed by atoms with Gasteiger partial charge in [0.05, 0.1) is 20.1 Å². The lowest BCUT2D eigenvalue weighted by molar-refractivity contribution is -0.141. The average molecular weight is 222 g/mol. The summed E-state index contributed by atoms with van der Waals surface area (Å²) in [6.07, 6.45) is 1.04. The van der Waals surface area contributed by atoms with Gasteiger partial charge in [-0.15, -0.1) is 0 Å². The second-order valence-corrected chi connectivity index (χ2v) is 3.87. The molecule has 1 aromatic carbocycles. The topological polar surface area (TPSA) is 55.8 Å². The zero-order valence-corrected chi connectivity index (χ0v) is 9.32. The summed E-state index contributed by atoms with van der Waals surface area (Å²) < 4.78 is 10.5. The fourth-order valence-corrected chi connectivity index (χ4v) is 2.22. The Kier molecular flexibility index (Phi) is 2.73. The van der Waals surface area contributed by atoms with E-state index in [1.54, 1.807) is 14.2 Å². The van der Waals surface area contributed by atoms with Gasteiger partial charge in [0.2, 0.25) is 0 Å². The zero-order valence-electron chi connectivity index (χ0n) is 9.32. The summed E-state index contributed by atoms with van der Waals surface area (Å²) >= 11 is 0. The molecule has 0 amide bonds. The van der Waals surface area contributed by atoms with Gasteiger partial charge in [0.15, 0.2) is 0 Å². The minimum Gasteiger partial charge on any atom is -0.496 e. The van der Waals surface area contributed by atoms with Gasteiger partial charge in [-0.1, -0.05) is 0 Å². The van der Waals surface area contributed by atoms with Crippen LogP contribution in [0.25, 0.3) is 0 Å². The van der Waals surface area contributed by atoms with Gasteiger partial charge in [0.25, 0.3) is 0 Å². The summed E-state index contributed by atoms with van der Waals surface area (Å²) in [5, 5.41) is 9.03. The van der Waals surface area contributed by atoms with E-state index >= 15 is 0 Å². The van der Waals surface area contributed by atoms with Crippen LogP contribution >= 0.6 is 0 Å². The number of carboxylic acid groups (broad SMARTS) is 1. The minimum absolute atomic E-state index is 0.361. The lowest BCUT2D eigenvalue weighted by atomic mass is 10.1. The van der Waals surface area contributed by atoms with Crippen molar-refractivity contribution in [3.8, 4) is 11.5 Å². The normalized spacial score (nSPS) is 14.6. The maximum absolute atomic E-state index is 11.0. The molecule has 0 saturated carbocycles. The average Bonchev–Trinajstić information content (AvgIpc) is 2.72. The Bertz CT molecular complexity index is 392. The first-order valence-corrected chi connectivity index (χ1v) is 5.13. The first-order chi connectivity index (χ1) is 7.67. The number of hydrogen-bond acceptors (Lipinski definition) is 3. The number of ether oxygens (including phenoxy) is 2. The monoisotopic (exact) mass is 222 g/mol. The molecule has 0 unspecified atom stereocenters. The largest absolute Gasteiger partial charge is 0.496 e. The van der Waals surface area contributed by atoms with E-state index in [-0.39, 0.29) is 5.92 Å². The second kappa shape index (κ2) is 4.04. The molecule has 1 aromatic rings. The summed E-state index contributed by atoms with van der Waals surface area (Å²) in [6, 6.07) is 3.64. The van der Waals surface area contributed by atoms with Crippen molar-refractivity contribution in [2.75, 3.05) is 14.2 Å². The molecule has 0 fully saturated rings. The fraction of sp³-hybridized carbons (Fsp3) is 0.417. The Hall–Kier alpha value is -1.71. The molecule has 86 valence electrons. The van der Waals surface area contributed by atoms with Crippen LogP contribution in [0.1, 0.15) is 11.1 Å². The van der Waals surface area contributed by atoms with Gasteiger partial charge in [-0.3, -0.25) is 4.79 Å². The quantitative estimate of drug-likeness (QED) is 0.842. The van der Waals surface area contributed by atoms with Crippen molar-refractivity contribution in [2.24, 2.45) is 5.92 Å². The second-order valence-electron chi connectivity index (χ2n) is 3.87. The highest BCUT2D eigenvalue weighted by molar-refractivity contribution is 5.73. The first kappa shape index (κ1) is 10.8. The van der Waals surface area contributed by atoms with E-state index < -0.39 is 5.97 Å². The van der Waals surface area contributed by atoms with Gasteiger partial charge in [-0.05, 0) is 25.0 Å². The third-order valence-corrected chi connectivity index (χ3v) is 3.04. The smallest absolute Gasteiger partial charge is 0.307 e. The molecule has 0 aliphatic heterocycles. The number of benzene rings is 1. The van der Waals surface area contributed by atoms with Gasteiger partial charge in [0, 0.05) is 11.1 Å². The Balaban J connectivity index is 2.44. The number of carbonyl (C=O) groups is 1. The molecule has 0 heterocycles. The molecule has 1 N–H and O–H groups in total. The minimum atomic E-state index is -0.764. The van der Waals surface area contributed by atoms with Crippen LogP contribution in [0.15, 0.2) is 12.1 Å². The van der Waals surface area contributed by atoms with E-state index in [0.717, 1.165) is 22.6 Å². The number of hydrogen-bond donors (Lipinski definition) is 1. The van der Waals surface area contributed by atoms with Crippen molar-refractivity contribution in [1.29, 1.82) is 0 Å². The van der Waals surface area contributed by atoms with E-state index in [4.69, 9.17) is 14.6 Å². The molecule has 0 radical (unpaired) electrons. The highest BCUT2D eigenvalue weighted by atomic mass is 16.5. The number of rotatable bonds is 3. The van der Waals surface area contributed by atoms with Crippen LogP contribution in [0.3, 0.4) is 0 Å². The van der Waals surface area contributed by atoms with Crippen LogP contribution in [0, 0.1) is 5.92 Å². The predicted octanol–water partition coefficient (Wildman–Crippen LogP) is 1.50. The Labute approximate surface area is 93.8 Å². The lowest BCUT2D eigenvalue weighted by Gasteiger charge is -2.10. The van der Waals surface area contributed by atoms with Gasteiger partial charge >= 0.3 is 5.97 Å². The predicted molar refractivity (Wildman–Crippen MR) is 58.1 cm³/mol. The molecule has 0 bridgehead atoms. The van der Waals surface area contributed by atoms with E-state index in [1.165, 1.54) is 0 Å². The van der Waals surface area contributed by atoms with E-state index in [1.807, 2.05) is 12.1 Å². The summed E-state index contributed by atoms with van der Waals surface area (Å²) in [5.41, 5.74) is 1.93. The highest BCUT2D eigenvalue weighted by Gasteiger charge is 2.31. The molecule has 2 rings (SSSR count). The van der Waals surface area contributed by atoms with Gasteiger partial charge in [-0.2, -0.15) is 0 Å². The maximum Gasteiger partial charge on any atom is 0.307 e. The highest BCUT2D eigenvalue weighted by Crippen LogP contribution is 2.39. The third-order valence-electron chi connectivity index (χ3n) is 3.04. The summed E-state index contributed by atoms with van der Waals surface area (Å²) in [4.78, 5) is 11.0. The van der Waals surface area contributed by atoms with Crippen LogP contribution in [-0.2, 0) is 17.6 Å². The maximum atomic E-state index is 11.0. The van der Waals surface area contributed by atoms with Gasteiger partial charge < -0.3 is 14.6 Å². The molecular formula is C12H14O4. The van der Waals surface area contributed by atoms with Crippen LogP contribution in [-0.4, -0.2) is 25.3 Å². The summed E-state index contributed by atoms with van der Waals surface area (Å²) in [7, 11) is 3.19. The van der Waals surface area contributed by atoms with Crippen LogP contribution < -0.4 is 9.47 Å². The molecule has 16 heavy (non-hydrogen) atoms. The molecule has 1 aliphatic carbocycles. The number of carboxylic acids is 1. The zero-order chi connectivity index (χ0) is 11.7. The molecule has 4 heteroatoms. The van der Waals surface area contributed by atoms with Crippen molar-refractivity contribution >= 4 is 5.97 Å². The summed E-state index contributed by atoms with van der Waals surface area (Å²) in [5.74, 6) is 0.375. The van der Waals surface area contributed by atoms with Crippen molar-refractivity contribution in [1.82, 2.24) is 0 Å². The lowest BCUT2D eigenvalue weighted by Crippen LogP contribution is -2.13. The van der Waals surface area contributed by atoms with Crippen molar-refractivity contribution in [2.45, 2.75) is 12.8 Å². The first-order valence-electron chi connectivity index (χ1n) is 5.13. The Morgan fingerprint density at radius 1 is 1.19 bits per heavy atom. The van der Waals surface area contributed by atoms with E-state index in [9.17, 15) is 4.79 Å². The number of methoxy groups -OCH3 is 2. The molecule has 0 atom stereocenters.